The molecule has 31 heavy (non-hydrogen) atoms. The van der Waals surface area contributed by atoms with E-state index >= 15 is 0 Å². The monoisotopic (exact) mass is 411 g/mol. The SMILES string of the molecule is COc1ccc(CCc2ccccc2C(=O)Nc2ccc3nc(C)cc(N)c3c2)cc1. The van der Waals surface area contributed by atoms with Gasteiger partial charge in [0.1, 0.15) is 5.75 Å². The molecule has 0 aliphatic heterocycles. The van der Waals surface area contributed by atoms with Crippen LogP contribution in [0.15, 0.2) is 72.8 Å². The van der Waals surface area contributed by atoms with Crippen molar-refractivity contribution in [2.75, 3.05) is 18.2 Å². The number of methoxy groups -OCH3 is 1. The summed E-state index contributed by atoms with van der Waals surface area (Å²) in [6.45, 7) is 1.91. The number of anilines is 2. The molecule has 5 nitrogen and oxygen atoms in total. The van der Waals surface area contributed by atoms with Gasteiger partial charge in [-0.15, -0.1) is 0 Å². The number of ether oxygens (including phenoxy) is 1. The van der Waals surface area contributed by atoms with E-state index in [1.54, 1.807) is 7.11 Å². The standard InChI is InChI=1S/C26H25N3O2/c1-17-15-24(27)23-16-20(11-14-25(23)28-17)29-26(30)22-6-4-3-5-19(22)10-7-18-8-12-21(31-2)13-9-18/h3-6,8-9,11-16H,7,10H2,1-2H3,(H2,27,28)(H,29,30). The number of carbonyl (C=O) groups is 1. The molecule has 1 amide bonds. The second-order valence-electron chi connectivity index (χ2n) is 7.54. The van der Waals surface area contributed by atoms with Gasteiger partial charge in [0.2, 0.25) is 0 Å². The van der Waals surface area contributed by atoms with E-state index < -0.39 is 0 Å². The van der Waals surface area contributed by atoms with E-state index in [2.05, 4.69) is 22.4 Å². The first-order chi connectivity index (χ1) is 15.0. The first-order valence-corrected chi connectivity index (χ1v) is 10.2. The summed E-state index contributed by atoms with van der Waals surface area (Å²) in [5.41, 5.74) is 12.1. The molecule has 5 heteroatoms. The maximum Gasteiger partial charge on any atom is 0.255 e. The zero-order valence-corrected chi connectivity index (χ0v) is 17.7. The van der Waals surface area contributed by atoms with Crippen molar-refractivity contribution in [1.29, 1.82) is 0 Å². The quantitative estimate of drug-likeness (QED) is 0.459. The zero-order chi connectivity index (χ0) is 21.8. The lowest BCUT2D eigenvalue weighted by Crippen LogP contribution is -2.14. The molecule has 0 aliphatic carbocycles. The smallest absolute Gasteiger partial charge is 0.255 e. The maximum atomic E-state index is 13.0. The van der Waals surface area contributed by atoms with Crippen molar-refractivity contribution >= 4 is 28.2 Å². The molecule has 1 heterocycles. The number of hydrogen-bond acceptors (Lipinski definition) is 4. The summed E-state index contributed by atoms with van der Waals surface area (Å²) in [6.07, 6.45) is 1.61. The molecule has 0 saturated heterocycles. The van der Waals surface area contributed by atoms with E-state index in [1.165, 1.54) is 5.56 Å². The molecule has 0 unspecified atom stereocenters. The maximum absolute atomic E-state index is 13.0. The number of fused-ring (bicyclic) bond motifs is 1. The molecule has 0 spiro atoms. The van der Waals surface area contributed by atoms with E-state index in [4.69, 9.17) is 10.5 Å². The molecule has 3 aromatic carbocycles. The summed E-state index contributed by atoms with van der Waals surface area (Å²) >= 11 is 0. The van der Waals surface area contributed by atoms with Crippen LogP contribution in [0.1, 0.15) is 27.2 Å². The van der Waals surface area contributed by atoms with Gasteiger partial charge in [0.05, 0.1) is 12.6 Å². The number of hydrogen-bond donors (Lipinski definition) is 2. The summed E-state index contributed by atoms with van der Waals surface area (Å²) in [7, 11) is 1.66. The Hall–Kier alpha value is -3.86. The summed E-state index contributed by atoms with van der Waals surface area (Å²) in [4.78, 5) is 17.5. The lowest BCUT2D eigenvalue weighted by atomic mass is 9.99. The lowest BCUT2D eigenvalue weighted by molar-refractivity contribution is 0.102. The fourth-order valence-corrected chi connectivity index (χ4v) is 3.70. The molecule has 3 N–H and O–H groups in total. The fraction of sp³-hybridized carbons (Fsp3) is 0.154. The number of pyridine rings is 1. The predicted molar refractivity (Wildman–Crippen MR) is 126 cm³/mol. The second-order valence-corrected chi connectivity index (χ2v) is 7.54. The molecule has 156 valence electrons. The van der Waals surface area contributed by atoms with E-state index in [0.717, 1.165) is 40.8 Å². The number of nitrogens with two attached hydrogens (primary N) is 1. The number of aryl methyl sites for hydroxylation is 3. The van der Waals surface area contributed by atoms with Crippen LogP contribution >= 0.6 is 0 Å². The van der Waals surface area contributed by atoms with Crippen molar-refractivity contribution < 1.29 is 9.53 Å². The topological polar surface area (TPSA) is 77.2 Å². The average molecular weight is 412 g/mol. The van der Waals surface area contributed by atoms with Crippen LogP contribution in [0.5, 0.6) is 5.75 Å². The Bertz CT molecular complexity index is 1230. The molecule has 4 aromatic rings. The van der Waals surface area contributed by atoms with Crippen molar-refractivity contribution in [3.63, 3.8) is 0 Å². The van der Waals surface area contributed by atoms with Crippen LogP contribution in [0.2, 0.25) is 0 Å². The van der Waals surface area contributed by atoms with Gasteiger partial charge >= 0.3 is 0 Å². The number of amides is 1. The van der Waals surface area contributed by atoms with Crippen molar-refractivity contribution in [2.24, 2.45) is 0 Å². The highest BCUT2D eigenvalue weighted by Crippen LogP contribution is 2.25. The highest BCUT2D eigenvalue weighted by atomic mass is 16.5. The Balaban J connectivity index is 1.51. The molecule has 0 radical (unpaired) electrons. The Morgan fingerprint density at radius 3 is 2.55 bits per heavy atom. The lowest BCUT2D eigenvalue weighted by Gasteiger charge is -2.12. The third kappa shape index (κ3) is 4.67. The Morgan fingerprint density at radius 2 is 1.77 bits per heavy atom. The van der Waals surface area contributed by atoms with Crippen LogP contribution in [0.3, 0.4) is 0 Å². The number of nitrogen functional groups attached to an aromatic ring is 1. The fourth-order valence-electron chi connectivity index (χ4n) is 3.70. The number of nitrogens with zero attached hydrogens (tertiary/aromatic N) is 1. The van der Waals surface area contributed by atoms with Gasteiger partial charge in [-0.25, -0.2) is 0 Å². The van der Waals surface area contributed by atoms with Crippen molar-refractivity contribution in [2.45, 2.75) is 19.8 Å². The summed E-state index contributed by atoms with van der Waals surface area (Å²) < 4.78 is 5.21. The molecule has 0 atom stereocenters. The molecule has 0 fully saturated rings. The summed E-state index contributed by atoms with van der Waals surface area (Å²) in [5.74, 6) is 0.702. The van der Waals surface area contributed by atoms with E-state index in [1.807, 2.05) is 67.6 Å². The van der Waals surface area contributed by atoms with E-state index in [9.17, 15) is 4.79 Å². The van der Waals surface area contributed by atoms with Crippen LogP contribution in [0.4, 0.5) is 11.4 Å². The highest BCUT2D eigenvalue weighted by Gasteiger charge is 2.12. The third-order valence-electron chi connectivity index (χ3n) is 5.33. The number of nitrogens with one attached hydrogen (secondary N) is 1. The van der Waals surface area contributed by atoms with E-state index in [0.29, 0.717) is 16.9 Å². The minimum atomic E-state index is -0.136. The molecule has 1 aromatic heterocycles. The highest BCUT2D eigenvalue weighted by molar-refractivity contribution is 6.06. The van der Waals surface area contributed by atoms with Gasteiger partial charge < -0.3 is 15.8 Å². The predicted octanol–water partition coefficient (Wildman–Crippen LogP) is 5.17. The Morgan fingerprint density at radius 1 is 1.00 bits per heavy atom. The number of benzene rings is 3. The number of aromatic nitrogens is 1. The summed E-state index contributed by atoms with van der Waals surface area (Å²) in [6, 6.07) is 23.2. The van der Waals surface area contributed by atoms with Crippen LogP contribution in [0.25, 0.3) is 10.9 Å². The molecule has 0 aliphatic rings. The minimum Gasteiger partial charge on any atom is -0.497 e. The molecular weight excluding hydrogens is 386 g/mol. The van der Waals surface area contributed by atoms with Crippen LogP contribution in [0, 0.1) is 6.92 Å². The van der Waals surface area contributed by atoms with E-state index in [-0.39, 0.29) is 5.91 Å². The summed E-state index contributed by atoms with van der Waals surface area (Å²) in [5, 5.41) is 3.84. The van der Waals surface area contributed by atoms with Gasteiger partial charge in [0.25, 0.3) is 5.91 Å². The van der Waals surface area contributed by atoms with Crippen LogP contribution in [-0.4, -0.2) is 18.0 Å². The minimum absolute atomic E-state index is 0.136. The normalized spacial score (nSPS) is 10.8. The van der Waals surface area contributed by atoms with Gasteiger partial charge in [-0.1, -0.05) is 30.3 Å². The van der Waals surface area contributed by atoms with Gasteiger partial charge in [-0.3, -0.25) is 9.78 Å². The molecule has 0 saturated carbocycles. The van der Waals surface area contributed by atoms with Gasteiger partial charge in [0, 0.05) is 28.0 Å². The average Bonchev–Trinajstić information content (AvgIpc) is 2.78. The first kappa shape index (κ1) is 20.4. The first-order valence-electron chi connectivity index (χ1n) is 10.2. The second kappa shape index (κ2) is 8.88. The van der Waals surface area contributed by atoms with Crippen LogP contribution in [-0.2, 0) is 12.8 Å². The van der Waals surface area contributed by atoms with Crippen LogP contribution < -0.4 is 15.8 Å². The molecule has 4 rings (SSSR count). The number of carbonyl (C=O) groups excluding carboxylic acids is 1. The molecular formula is C26H25N3O2. The van der Waals surface area contributed by atoms with Crippen molar-refractivity contribution in [1.82, 2.24) is 4.98 Å². The molecule has 0 bridgehead atoms. The van der Waals surface area contributed by atoms with Crippen molar-refractivity contribution in [3.8, 4) is 5.75 Å². The van der Waals surface area contributed by atoms with Gasteiger partial charge in [-0.05, 0) is 73.4 Å². The van der Waals surface area contributed by atoms with Gasteiger partial charge in [-0.2, -0.15) is 0 Å². The Kier molecular flexibility index (Phi) is 5.85. The Labute approximate surface area is 181 Å². The zero-order valence-electron chi connectivity index (χ0n) is 17.7. The van der Waals surface area contributed by atoms with Gasteiger partial charge in [0.15, 0.2) is 0 Å². The largest absolute Gasteiger partial charge is 0.497 e. The number of rotatable bonds is 6. The van der Waals surface area contributed by atoms with Crippen molar-refractivity contribution in [3.05, 3.63) is 95.2 Å². The third-order valence-corrected chi connectivity index (χ3v) is 5.33.